The van der Waals surface area contributed by atoms with Crippen LogP contribution < -0.4 is 5.32 Å². The minimum Gasteiger partial charge on any atom is -0.339 e. The summed E-state index contributed by atoms with van der Waals surface area (Å²) < 4.78 is 0. The number of piperazine rings is 1. The van der Waals surface area contributed by atoms with E-state index in [1.165, 1.54) is 12.8 Å². The van der Waals surface area contributed by atoms with Crippen molar-refractivity contribution in [2.45, 2.75) is 31.7 Å². The maximum atomic E-state index is 12.4. The third kappa shape index (κ3) is 2.38. The average molecular weight is 225 g/mol. The minimum atomic E-state index is -0.297. The van der Waals surface area contributed by atoms with E-state index in [4.69, 9.17) is 0 Å². The van der Waals surface area contributed by atoms with E-state index in [-0.39, 0.29) is 5.54 Å². The van der Waals surface area contributed by atoms with Gasteiger partial charge in [-0.3, -0.25) is 4.79 Å². The van der Waals surface area contributed by atoms with E-state index >= 15 is 0 Å². The topological polar surface area (TPSA) is 35.6 Å². The second-order valence-electron chi connectivity index (χ2n) is 5.31. The summed E-state index contributed by atoms with van der Waals surface area (Å²) in [5, 5.41) is 3.40. The number of rotatable bonds is 1. The van der Waals surface area contributed by atoms with Gasteiger partial charge < -0.3 is 15.1 Å². The molecule has 0 radical (unpaired) electrons. The molecule has 1 amide bonds. The van der Waals surface area contributed by atoms with Crippen molar-refractivity contribution in [2.24, 2.45) is 0 Å². The number of carbonyl (C=O) groups is 1. The number of likely N-dealkylation sites (N-methyl/N-ethyl adjacent to an activating group) is 1. The fraction of sp³-hybridized carbons (Fsp3) is 0.917. The lowest BCUT2D eigenvalue weighted by molar-refractivity contribution is -0.140. The summed E-state index contributed by atoms with van der Waals surface area (Å²) in [6.45, 7) is 6.81. The second kappa shape index (κ2) is 4.72. The van der Waals surface area contributed by atoms with Crippen molar-refractivity contribution >= 4 is 5.91 Å². The molecule has 1 N–H and O–H groups in total. The number of carbonyl (C=O) groups excluding carboxylic acids is 1. The van der Waals surface area contributed by atoms with Gasteiger partial charge >= 0.3 is 0 Å². The second-order valence-corrected chi connectivity index (χ2v) is 5.31. The van der Waals surface area contributed by atoms with E-state index < -0.39 is 0 Å². The molecule has 4 heteroatoms. The van der Waals surface area contributed by atoms with Crippen LogP contribution >= 0.6 is 0 Å². The van der Waals surface area contributed by atoms with Gasteiger partial charge in [0, 0.05) is 26.2 Å². The SMILES string of the molecule is CN1CCN(C(=O)C2(C)CCCCN2)CC1. The molecule has 2 fully saturated rings. The Hall–Kier alpha value is -0.610. The molecule has 0 aromatic carbocycles. The molecule has 0 spiro atoms. The monoisotopic (exact) mass is 225 g/mol. The standard InChI is InChI=1S/C12H23N3O/c1-12(5-3-4-6-13-12)11(16)15-9-7-14(2)8-10-15/h13H,3-10H2,1-2H3. The van der Waals surface area contributed by atoms with Crippen LogP contribution in [0.5, 0.6) is 0 Å². The molecule has 1 atom stereocenters. The van der Waals surface area contributed by atoms with Gasteiger partial charge in [-0.05, 0) is 39.8 Å². The predicted molar refractivity (Wildman–Crippen MR) is 64.3 cm³/mol. The Morgan fingerprint density at radius 1 is 1.19 bits per heavy atom. The quantitative estimate of drug-likeness (QED) is 0.697. The molecule has 2 aliphatic heterocycles. The van der Waals surface area contributed by atoms with Crippen molar-refractivity contribution in [1.29, 1.82) is 0 Å². The first kappa shape index (κ1) is 11.9. The molecule has 0 saturated carbocycles. The molecule has 0 aliphatic carbocycles. The summed E-state index contributed by atoms with van der Waals surface area (Å²) in [4.78, 5) is 16.7. The van der Waals surface area contributed by atoms with Gasteiger partial charge in [0.1, 0.15) is 0 Å². The molecule has 2 saturated heterocycles. The molecule has 2 aliphatic rings. The van der Waals surface area contributed by atoms with E-state index in [1.54, 1.807) is 0 Å². The van der Waals surface area contributed by atoms with Crippen LogP contribution in [0.3, 0.4) is 0 Å². The number of nitrogens with zero attached hydrogens (tertiary/aromatic N) is 2. The highest BCUT2D eigenvalue weighted by Crippen LogP contribution is 2.21. The van der Waals surface area contributed by atoms with Crippen LogP contribution in [-0.2, 0) is 4.79 Å². The van der Waals surface area contributed by atoms with E-state index in [0.717, 1.165) is 39.1 Å². The van der Waals surface area contributed by atoms with E-state index in [9.17, 15) is 4.79 Å². The first-order valence-electron chi connectivity index (χ1n) is 6.35. The Labute approximate surface area is 98.0 Å². The molecule has 92 valence electrons. The van der Waals surface area contributed by atoms with Crippen molar-refractivity contribution < 1.29 is 4.79 Å². The molecule has 16 heavy (non-hydrogen) atoms. The van der Waals surface area contributed by atoms with Gasteiger partial charge in [-0.2, -0.15) is 0 Å². The lowest BCUT2D eigenvalue weighted by Crippen LogP contribution is -2.60. The van der Waals surface area contributed by atoms with Crippen LogP contribution in [-0.4, -0.2) is 61.0 Å². The van der Waals surface area contributed by atoms with Crippen molar-refractivity contribution in [1.82, 2.24) is 15.1 Å². The maximum Gasteiger partial charge on any atom is 0.242 e. The number of nitrogens with one attached hydrogen (secondary N) is 1. The van der Waals surface area contributed by atoms with Crippen molar-refractivity contribution in [3.63, 3.8) is 0 Å². The van der Waals surface area contributed by atoms with Crippen molar-refractivity contribution in [3.8, 4) is 0 Å². The molecule has 2 rings (SSSR count). The summed E-state index contributed by atoms with van der Waals surface area (Å²) in [5.74, 6) is 0.306. The van der Waals surface area contributed by atoms with Crippen LogP contribution in [0.4, 0.5) is 0 Å². The summed E-state index contributed by atoms with van der Waals surface area (Å²) in [7, 11) is 2.11. The third-order valence-electron chi connectivity index (χ3n) is 3.88. The fourth-order valence-electron chi connectivity index (χ4n) is 2.60. The van der Waals surface area contributed by atoms with Crippen LogP contribution in [0, 0.1) is 0 Å². The lowest BCUT2D eigenvalue weighted by Gasteiger charge is -2.41. The average Bonchev–Trinajstić information content (AvgIpc) is 2.30. The van der Waals surface area contributed by atoms with Gasteiger partial charge in [-0.15, -0.1) is 0 Å². The highest BCUT2D eigenvalue weighted by Gasteiger charge is 2.37. The zero-order chi connectivity index (χ0) is 11.6. The number of piperidine rings is 1. The highest BCUT2D eigenvalue weighted by molar-refractivity contribution is 5.86. The Morgan fingerprint density at radius 2 is 1.88 bits per heavy atom. The molecule has 2 heterocycles. The first-order valence-corrected chi connectivity index (χ1v) is 6.35. The number of hydrogen-bond donors (Lipinski definition) is 1. The number of hydrogen-bond acceptors (Lipinski definition) is 3. The van der Waals surface area contributed by atoms with Crippen LogP contribution in [0.15, 0.2) is 0 Å². The molecule has 1 unspecified atom stereocenters. The Bertz CT molecular complexity index is 253. The Kier molecular flexibility index (Phi) is 3.50. The van der Waals surface area contributed by atoms with Gasteiger partial charge in [-0.1, -0.05) is 0 Å². The maximum absolute atomic E-state index is 12.4. The van der Waals surface area contributed by atoms with Crippen LogP contribution in [0.2, 0.25) is 0 Å². The minimum absolute atomic E-state index is 0.297. The van der Waals surface area contributed by atoms with Crippen LogP contribution in [0.25, 0.3) is 0 Å². The normalized spacial score (nSPS) is 32.8. The molecular weight excluding hydrogens is 202 g/mol. The molecule has 0 aromatic rings. The van der Waals surface area contributed by atoms with Gasteiger partial charge in [0.15, 0.2) is 0 Å². The lowest BCUT2D eigenvalue weighted by atomic mass is 9.89. The summed E-state index contributed by atoms with van der Waals surface area (Å²) >= 11 is 0. The van der Waals surface area contributed by atoms with Gasteiger partial charge in [0.05, 0.1) is 5.54 Å². The predicted octanol–water partition coefficient (Wildman–Crippen LogP) is 0.293. The van der Waals surface area contributed by atoms with Crippen molar-refractivity contribution in [3.05, 3.63) is 0 Å². The van der Waals surface area contributed by atoms with E-state index in [0.29, 0.717) is 5.91 Å². The Morgan fingerprint density at radius 3 is 2.44 bits per heavy atom. The Balaban J connectivity index is 1.95. The highest BCUT2D eigenvalue weighted by atomic mass is 16.2. The fourth-order valence-corrected chi connectivity index (χ4v) is 2.60. The molecular formula is C12H23N3O. The molecule has 4 nitrogen and oxygen atoms in total. The zero-order valence-corrected chi connectivity index (χ0v) is 10.5. The largest absolute Gasteiger partial charge is 0.339 e. The summed E-state index contributed by atoms with van der Waals surface area (Å²) in [6, 6.07) is 0. The molecule has 0 bridgehead atoms. The van der Waals surface area contributed by atoms with E-state index in [1.807, 2.05) is 4.90 Å². The molecule has 0 aromatic heterocycles. The number of amides is 1. The third-order valence-corrected chi connectivity index (χ3v) is 3.88. The van der Waals surface area contributed by atoms with Gasteiger partial charge in [0.2, 0.25) is 5.91 Å². The van der Waals surface area contributed by atoms with Gasteiger partial charge in [0.25, 0.3) is 0 Å². The van der Waals surface area contributed by atoms with E-state index in [2.05, 4.69) is 24.2 Å². The van der Waals surface area contributed by atoms with Gasteiger partial charge in [-0.25, -0.2) is 0 Å². The first-order chi connectivity index (χ1) is 7.62. The smallest absolute Gasteiger partial charge is 0.242 e. The zero-order valence-electron chi connectivity index (χ0n) is 10.5. The van der Waals surface area contributed by atoms with Crippen LogP contribution in [0.1, 0.15) is 26.2 Å². The van der Waals surface area contributed by atoms with Crippen molar-refractivity contribution in [2.75, 3.05) is 39.8 Å². The summed E-state index contributed by atoms with van der Waals surface area (Å²) in [5.41, 5.74) is -0.297. The summed E-state index contributed by atoms with van der Waals surface area (Å²) in [6.07, 6.45) is 3.35.